The van der Waals surface area contributed by atoms with Gasteiger partial charge in [0.2, 0.25) is 0 Å². The lowest BCUT2D eigenvalue weighted by atomic mass is 10.1. The van der Waals surface area contributed by atoms with Gasteiger partial charge in [0.25, 0.3) is 0 Å². The predicted octanol–water partition coefficient (Wildman–Crippen LogP) is 2.57. The van der Waals surface area contributed by atoms with Gasteiger partial charge in [-0.15, -0.1) is 0 Å². The Morgan fingerprint density at radius 2 is 1.96 bits per heavy atom. The lowest BCUT2D eigenvalue weighted by Crippen LogP contribution is -2.26. The van der Waals surface area contributed by atoms with Crippen LogP contribution in [0.15, 0.2) is 65.9 Å². The third kappa shape index (κ3) is 5.18. The highest BCUT2D eigenvalue weighted by Gasteiger charge is 2.16. The third-order valence-electron chi connectivity index (χ3n) is 3.62. The molecule has 138 valence electrons. The van der Waals surface area contributed by atoms with Crippen LogP contribution in [0.2, 0.25) is 0 Å². The minimum Gasteiger partial charge on any atom is -0.464 e. The Bertz CT molecular complexity index is 891. The summed E-state index contributed by atoms with van der Waals surface area (Å²) < 4.78 is 10.4. The summed E-state index contributed by atoms with van der Waals surface area (Å²) in [5.74, 6) is -0.231. The number of nitrogens with one attached hydrogen (secondary N) is 2. The van der Waals surface area contributed by atoms with Crippen molar-refractivity contribution in [3.8, 4) is 5.75 Å². The molecule has 0 aromatic heterocycles. The number of rotatable bonds is 5. The number of nitrogens with zero attached hydrogens (tertiary/aromatic N) is 1. The van der Waals surface area contributed by atoms with E-state index in [2.05, 4.69) is 15.6 Å². The Morgan fingerprint density at radius 3 is 2.67 bits per heavy atom. The van der Waals surface area contributed by atoms with Gasteiger partial charge in [-0.2, -0.15) is 0 Å². The first-order chi connectivity index (χ1) is 13.1. The lowest BCUT2D eigenvalue weighted by molar-refractivity contribution is -0.153. The molecule has 27 heavy (non-hydrogen) atoms. The second-order valence-electron chi connectivity index (χ2n) is 5.71. The molecule has 0 unspecified atom stereocenters. The van der Waals surface area contributed by atoms with E-state index in [1.165, 1.54) is 13.2 Å². The first kappa shape index (κ1) is 18.2. The maximum Gasteiger partial charge on any atom is 0.349 e. The zero-order valence-electron chi connectivity index (χ0n) is 14.8. The fraction of sp³-hybridized carbons (Fsp3) is 0.150. The molecule has 0 atom stereocenters. The van der Waals surface area contributed by atoms with Crippen LogP contribution in [-0.2, 0) is 14.3 Å². The van der Waals surface area contributed by atoms with Crippen LogP contribution in [0.4, 0.5) is 5.69 Å². The maximum absolute atomic E-state index is 12.2. The van der Waals surface area contributed by atoms with Crippen LogP contribution in [-0.4, -0.2) is 31.0 Å². The fourth-order valence-electron chi connectivity index (χ4n) is 2.43. The number of guanidine groups is 1. The van der Waals surface area contributed by atoms with Crippen LogP contribution >= 0.6 is 0 Å². The molecule has 0 amide bonds. The van der Waals surface area contributed by atoms with Gasteiger partial charge in [0.1, 0.15) is 17.6 Å². The number of benzene rings is 2. The number of carbonyl (C=O) groups is 2. The Kier molecular flexibility index (Phi) is 5.84. The summed E-state index contributed by atoms with van der Waals surface area (Å²) in [4.78, 5) is 27.7. The number of aliphatic imine (C=N–C) groups is 1. The van der Waals surface area contributed by atoms with Crippen molar-refractivity contribution in [1.82, 2.24) is 5.32 Å². The molecule has 0 saturated heterocycles. The quantitative estimate of drug-likeness (QED) is 0.366. The van der Waals surface area contributed by atoms with Gasteiger partial charge >= 0.3 is 11.9 Å². The van der Waals surface area contributed by atoms with Gasteiger partial charge in [0.05, 0.1) is 6.54 Å². The van der Waals surface area contributed by atoms with Gasteiger partial charge < -0.3 is 20.1 Å². The van der Waals surface area contributed by atoms with Crippen LogP contribution in [0.5, 0.6) is 5.75 Å². The van der Waals surface area contributed by atoms with E-state index in [1.807, 2.05) is 18.2 Å². The third-order valence-corrected chi connectivity index (χ3v) is 3.62. The van der Waals surface area contributed by atoms with Crippen LogP contribution in [0.1, 0.15) is 12.5 Å². The number of carbonyl (C=O) groups excluding carboxylic acids is 2. The molecule has 0 bridgehead atoms. The van der Waals surface area contributed by atoms with Crippen molar-refractivity contribution in [3.05, 3.63) is 66.4 Å². The second-order valence-corrected chi connectivity index (χ2v) is 5.71. The van der Waals surface area contributed by atoms with E-state index in [4.69, 9.17) is 9.47 Å². The molecule has 0 spiro atoms. The molecule has 1 aliphatic heterocycles. The minimum atomic E-state index is -0.771. The van der Waals surface area contributed by atoms with Crippen LogP contribution in [0.3, 0.4) is 0 Å². The van der Waals surface area contributed by atoms with Crippen LogP contribution in [0.25, 0.3) is 5.57 Å². The molecule has 2 aromatic rings. The second kappa shape index (κ2) is 8.66. The Morgan fingerprint density at radius 1 is 1.15 bits per heavy atom. The molecule has 1 aliphatic rings. The molecule has 0 radical (unpaired) electrons. The highest BCUT2D eigenvalue weighted by molar-refractivity contribution is 6.18. The van der Waals surface area contributed by atoms with Crippen molar-refractivity contribution in [2.24, 2.45) is 4.99 Å². The van der Waals surface area contributed by atoms with Gasteiger partial charge in [0.15, 0.2) is 5.96 Å². The molecule has 0 aliphatic carbocycles. The summed E-state index contributed by atoms with van der Waals surface area (Å²) in [6.45, 7) is 2.72. The van der Waals surface area contributed by atoms with Crippen molar-refractivity contribution in [2.75, 3.05) is 18.4 Å². The van der Waals surface area contributed by atoms with E-state index in [0.29, 0.717) is 17.3 Å². The number of ether oxygens (including phenoxy) is 2. The average molecular weight is 365 g/mol. The van der Waals surface area contributed by atoms with Gasteiger partial charge in [-0.1, -0.05) is 36.4 Å². The van der Waals surface area contributed by atoms with Gasteiger partial charge in [-0.3, -0.25) is 9.79 Å². The molecule has 1 heterocycles. The smallest absolute Gasteiger partial charge is 0.349 e. The van der Waals surface area contributed by atoms with Gasteiger partial charge in [0, 0.05) is 25.2 Å². The molecule has 2 N–H and O–H groups in total. The Balaban J connectivity index is 1.79. The fourth-order valence-corrected chi connectivity index (χ4v) is 2.43. The highest BCUT2D eigenvalue weighted by atomic mass is 16.6. The van der Waals surface area contributed by atoms with Crippen molar-refractivity contribution in [1.29, 1.82) is 0 Å². The summed E-state index contributed by atoms with van der Waals surface area (Å²) in [6, 6.07) is 16.1. The molecular weight excluding hydrogens is 346 g/mol. The zero-order valence-corrected chi connectivity index (χ0v) is 14.8. The topological polar surface area (TPSA) is 89.0 Å². The zero-order chi connectivity index (χ0) is 19.1. The largest absolute Gasteiger partial charge is 0.464 e. The molecule has 0 fully saturated rings. The first-order valence-corrected chi connectivity index (χ1v) is 8.42. The van der Waals surface area contributed by atoms with E-state index in [-0.39, 0.29) is 5.57 Å². The van der Waals surface area contributed by atoms with Crippen molar-refractivity contribution in [2.45, 2.75) is 6.92 Å². The lowest BCUT2D eigenvalue weighted by Gasteiger charge is -2.09. The summed E-state index contributed by atoms with van der Waals surface area (Å²) >= 11 is 0. The average Bonchev–Trinajstić information content (AvgIpc) is 3.15. The van der Waals surface area contributed by atoms with E-state index >= 15 is 0 Å². The maximum atomic E-state index is 12.2. The normalized spacial score (nSPS) is 13.4. The first-order valence-electron chi connectivity index (χ1n) is 8.42. The SMILES string of the molecule is CC(=O)OC(=O)C(=COc1cccc(NC2=NCCN2)c1)c1ccccc1. The Hall–Kier alpha value is -3.61. The minimum absolute atomic E-state index is 0.144. The molecule has 0 saturated carbocycles. The van der Waals surface area contributed by atoms with E-state index < -0.39 is 11.9 Å². The van der Waals surface area contributed by atoms with Crippen molar-refractivity contribution < 1.29 is 19.1 Å². The summed E-state index contributed by atoms with van der Waals surface area (Å²) in [6.07, 6.45) is 1.28. The molecule has 7 heteroatoms. The standard InChI is InChI=1S/C20H19N3O4/c1-14(24)27-19(25)18(15-6-3-2-4-7-15)13-26-17-9-5-8-16(12-17)23-20-21-10-11-22-20/h2-9,12-13H,10-11H2,1H3,(H2,21,22,23). The van der Waals surface area contributed by atoms with E-state index in [0.717, 1.165) is 18.8 Å². The number of esters is 2. The summed E-state index contributed by atoms with van der Waals surface area (Å²) in [5.41, 5.74) is 1.52. The predicted molar refractivity (Wildman–Crippen MR) is 102 cm³/mol. The molecule has 3 rings (SSSR count). The van der Waals surface area contributed by atoms with Gasteiger partial charge in [-0.25, -0.2) is 4.79 Å². The number of anilines is 1. The number of hydrogen-bond donors (Lipinski definition) is 2. The van der Waals surface area contributed by atoms with E-state index in [9.17, 15) is 9.59 Å². The number of hydrogen-bond acceptors (Lipinski definition) is 7. The van der Waals surface area contributed by atoms with Crippen LogP contribution < -0.4 is 15.4 Å². The van der Waals surface area contributed by atoms with E-state index in [1.54, 1.807) is 36.4 Å². The van der Waals surface area contributed by atoms with Gasteiger partial charge in [-0.05, 0) is 17.7 Å². The summed E-state index contributed by atoms with van der Waals surface area (Å²) in [7, 11) is 0. The molecular formula is C20H19N3O4. The molecule has 7 nitrogen and oxygen atoms in total. The van der Waals surface area contributed by atoms with Crippen LogP contribution in [0, 0.1) is 0 Å². The summed E-state index contributed by atoms with van der Waals surface area (Å²) in [5, 5.41) is 6.27. The van der Waals surface area contributed by atoms with Crippen molar-refractivity contribution >= 4 is 29.2 Å². The monoisotopic (exact) mass is 365 g/mol. The Labute approximate surface area is 156 Å². The molecule has 2 aromatic carbocycles. The van der Waals surface area contributed by atoms with Crippen molar-refractivity contribution in [3.63, 3.8) is 0 Å². The highest BCUT2D eigenvalue weighted by Crippen LogP contribution is 2.21.